The summed E-state index contributed by atoms with van der Waals surface area (Å²) in [6.45, 7) is 3.01. The minimum absolute atomic E-state index is 0.124. The van der Waals surface area contributed by atoms with Gasteiger partial charge < -0.3 is 19.9 Å². The molecule has 1 heterocycles. The van der Waals surface area contributed by atoms with Crippen molar-refractivity contribution in [2.24, 2.45) is 0 Å². The predicted octanol–water partition coefficient (Wildman–Crippen LogP) is 1.13. The van der Waals surface area contributed by atoms with Gasteiger partial charge in [-0.3, -0.25) is 9.59 Å². The van der Waals surface area contributed by atoms with Crippen molar-refractivity contribution in [3.63, 3.8) is 0 Å². The average molecular weight is 400 g/mol. The molecule has 0 aliphatic carbocycles. The number of aryl methyl sites for hydroxylation is 1. The van der Waals surface area contributed by atoms with E-state index in [1.165, 1.54) is 12.1 Å². The first-order valence-electron chi connectivity index (χ1n) is 9.84. The van der Waals surface area contributed by atoms with Crippen molar-refractivity contribution in [1.29, 1.82) is 0 Å². The van der Waals surface area contributed by atoms with Gasteiger partial charge in [-0.2, -0.15) is 0 Å². The Bertz CT molecular complexity index is 851. The van der Waals surface area contributed by atoms with Crippen LogP contribution < -0.4 is 15.0 Å². The zero-order valence-electron chi connectivity index (χ0n) is 16.6. The fourth-order valence-corrected chi connectivity index (χ4v) is 3.56. The molecule has 2 aromatic carbocycles. The van der Waals surface area contributed by atoms with Gasteiger partial charge in [0.25, 0.3) is 5.91 Å². The third-order valence-electron chi connectivity index (χ3n) is 5.14. The average Bonchev–Trinajstić information content (AvgIpc) is 2.72. The van der Waals surface area contributed by atoms with Crippen molar-refractivity contribution >= 4 is 17.5 Å². The molecule has 0 saturated carbocycles. The summed E-state index contributed by atoms with van der Waals surface area (Å²) in [5, 5.41) is 2.72. The van der Waals surface area contributed by atoms with Crippen LogP contribution >= 0.6 is 0 Å². The van der Waals surface area contributed by atoms with Crippen molar-refractivity contribution in [2.45, 2.75) is 12.8 Å². The fourth-order valence-electron chi connectivity index (χ4n) is 3.56. The van der Waals surface area contributed by atoms with Gasteiger partial charge >= 0.3 is 0 Å². The Balaban J connectivity index is 1.41. The van der Waals surface area contributed by atoms with Gasteiger partial charge in [0.05, 0.1) is 33.3 Å². The predicted molar refractivity (Wildman–Crippen MR) is 108 cm³/mol. The van der Waals surface area contributed by atoms with Crippen LogP contribution in [0, 0.1) is 5.82 Å². The number of amides is 2. The maximum Gasteiger partial charge on any atom is 0.279 e. The van der Waals surface area contributed by atoms with Crippen LogP contribution in [0.4, 0.5) is 10.1 Å². The molecule has 2 aromatic rings. The molecule has 2 amide bonds. The third kappa shape index (κ3) is 6.02. The highest BCUT2D eigenvalue weighted by Crippen LogP contribution is 2.19. The second kappa shape index (κ2) is 10.0. The van der Waals surface area contributed by atoms with Gasteiger partial charge in [0.2, 0.25) is 5.91 Å². The summed E-state index contributed by atoms with van der Waals surface area (Å²) in [5.41, 5.74) is 1.49. The largest absolute Gasteiger partial charge is 0.496 e. The van der Waals surface area contributed by atoms with Crippen molar-refractivity contribution in [1.82, 2.24) is 4.90 Å². The van der Waals surface area contributed by atoms with Crippen LogP contribution in [0.2, 0.25) is 0 Å². The lowest BCUT2D eigenvalue weighted by molar-refractivity contribution is -0.895. The molecule has 0 radical (unpaired) electrons. The number of anilines is 1. The Morgan fingerprint density at radius 3 is 2.62 bits per heavy atom. The Hall–Kier alpha value is -2.93. The number of carbonyl (C=O) groups excluding carboxylic acids is 2. The molecule has 7 heteroatoms. The minimum atomic E-state index is -0.379. The van der Waals surface area contributed by atoms with Crippen LogP contribution in [-0.4, -0.2) is 56.5 Å². The second-order valence-electron chi connectivity index (χ2n) is 7.18. The summed E-state index contributed by atoms with van der Waals surface area (Å²) >= 11 is 0. The van der Waals surface area contributed by atoms with Gasteiger partial charge in [-0.25, -0.2) is 4.39 Å². The van der Waals surface area contributed by atoms with Crippen molar-refractivity contribution < 1.29 is 23.6 Å². The molecule has 0 unspecified atom stereocenters. The Kier molecular flexibility index (Phi) is 7.19. The first-order valence-corrected chi connectivity index (χ1v) is 9.84. The summed E-state index contributed by atoms with van der Waals surface area (Å²) < 4.78 is 18.5. The number of nitrogens with zero attached hydrogens (tertiary/aromatic N) is 1. The van der Waals surface area contributed by atoms with Crippen LogP contribution in [0.1, 0.15) is 12.0 Å². The monoisotopic (exact) mass is 400 g/mol. The molecular formula is C22H27FN3O3+. The number of hydrogen-bond donors (Lipinski definition) is 2. The lowest BCUT2D eigenvalue weighted by Crippen LogP contribution is -3.15. The van der Waals surface area contributed by atoms with E-state index < -0.39 is 0 Å². The number of halogens is 1. The van der Waals surface area contributed by atoms with Gasteiger partial charge in [-0.05, 0) is 36.2 Å². The van der Waals surface area contributed by atoms with Crippen LogP contribution in [0.3, 0.4) is 0 Å². The first-order chi connectivity index (χ1) is 14.0. The molecule has 2 N–H and O–H groups in total. The lowest BCUT2D eigenvalue weighted by atomic mass is 10.1. The van der Waals surface area contributed by atoms with Gasteiger partial charge in [-0.1, -0.05) is 24.3 Å². The molecule has 1 aliphatic heterocycles. The molecule has 1 saturated heterocycles. The number of ether oxygens (including phenoxy) is 1. The number of benzene rings is 2. The summed E-state index contributed by atoms with van der Waals surface area (Å²) in [4.78, 5) is 27.7. The van der Waals surface area contributed by atoms with Gasteiger partial charge in [0.1, 0.15) is 11.6 Å². The third-order valence-corrected chi connectivity index (χ3v) is 5.14. The number of hydrogen-bond acceptors (Lipinski definition) is 3. The minimum Gasteiger partial charge on any atom is -0.496 e. The topological polar surface area (TPSA) is 63.1 Å². The highest BCUT2D eigenvalue weighted by atomic mass is 19.1. The van der Waals surface area contributed by atoms with E-state index in [1.807, 2.05) is 29.2 Å². The molecule has 1 fully saturated rings. The number of para-hydroxylation sites is 1. The molecule has 0 spiro atoms. The molecular weight excluding hydrogens is 373 g/mol. The molecule has 6 nitrogen and oxygen atoms in total. The molecule has 154 valence electrons. The van der Waals surface area contributed by atoms with E-state index in [4.69, 9.17) is 4.74 Å². The number of methoxy groups -OCH3 is 1. The van der Waals surface area contributed by atoms with Gasteiger partial charge in [0, 0.05) is 12.1 Å². The normalized spacial score (nSPS) is 14.5. The van der Waals surface area contributed by atoms with E-state index in [9.17, 15) is 14.0 Å². The van der Waals surface area contributed by atoms with E-state index in [0.717, 1.165) is 29.3 Å². The summed E-state index contributed by atoms with van der Waals surface area (Å²) in [6, 6.07) is 13.6. The van der Waals surface area contributed by atoms with E-state index in [1.54, 1.807) is 19.2 Å². The maximum absolute atomic E-state index is 13.2. The number of carbonyl (C=O) groups is 2. The maximum atomic E-state index is 13.2. The van der Waals surface area contributed by atoms with Gasteiger partial charge in [-0.15, -0.1) is 0 Å². The number of nitrogens with one attached hydrogen (secondary N) is 2. The summed E-state index contributed by atoms with van der Waals surface area (Å²) in [6.07, 6.45) is 1.09. The smallest absolute Gasteiger partial charge is 0.279 e. The Morgan fingerprint density at radius 1 is 1.14 bits per heavy atom. The van der Waals surface area contributed by atoms with E-state index >= 15 is 0 Å². The van der Waals surface area contributed by atoms with Crippen molar-refractivity contribution in [3.8, 4) is 5.75 Å². The Labute approximate surface area is 170 Å². The van der Waals surface area contributed by atoms with Crippen LogP contribution in [0.15, 0.2) is 48.5 Å². The molecule has 1 aliphatic rings. The van der Waals surface area contributed by atoms with E-state index in [-0.39, 0.29) is 17.6 Å². The van der Waals surface area contributed by atoms with Crippen LogP contribution in [0.5, 0.6) is 5.75 Å². The molecule has 0 atom stereocenters. The zero-order chi connectivity index (χ0) is 20.6. The van der Waals surface area contributed by atoms with E-state index in [0.29, 0.717) is 38.2 Å². The summed E-state index contributed by atoms with van der Waals surface area (Å²) in [7, 11) is 1.63. The van der Waals surface area contributed by atoms with Crippen LogP contribution in [0.25, 0.3) is 0 Å². The molecule has 0 bridgehead atoms. The number of rotatable bonds is 7. The molecule has 0 aromatic heterocycles. The molecule has 3 rings (SSSR count). The van der Waals surface area contributed by atoms with E-state index in [2.05, 4.69) is 5.32 Å². The quantitative estimate of drug-likeness (QED) is 0.733. The lowest BCUT2D eigenvalue weighted by Gasteiger charge is -2.32. The Morgan fingerprint density at radius 2 is 1.90 bits per heavy atom. The highest BCUT2D eigenvalue weighted by molar-refractivity contribution is 5.91. The summed E-state index contributed by atoms with van der Waals surface area (Å²) in [5.74, 6) is 0.398. The number of piperazine rings is 1. The standard InChI is InChI=1S/C22H26FN3O3/c1-29-20-8-3-2-5-17(20)9-10-22(28)26-13-11-25(12-14-26)16-21(27)24-19-7-4-6-18(23)15-19/h2-8,15H,9-14,16H2,1H3,(H,24,27)/p+1. The highest BCUT2D eigenvalue weighted by Gasteiger charge is 2.25. The zero-order valence-corrected chi connectivity index (χ0v) is 16.6. The first kappa shape index (κ1) is 20.8. The van der Waals surface area contributed by atoms with Crippen molar-refractivity contribution in [3.05, 3.63) is 59.9 Å². The van der Waals surface area contributed by atoms with Crippen molar-refractivity contribution in [2.75, 3.05) is 45.2 Å². The number of quaternary nitrogens is 1. The van der Waals surface area contributed by atoms with Crippen LogP contribution in [-0.2, 0) is 16.0 Å². The SMILES string of the molecule is COc1ccccc1CCC(=O)N1CC[NH+](CC(=O)Nc2cccc(F)c2)CC1. The fraction of sp³-hybridized carbons (Fsp3) is 0.364. The second-order valence-corrected chi connectivity index (χ2v) is 7.18. The van der Waals surface area contributed by atoms with Gasteiger partial charge in [0.15, 0.2) is 6.54 Å². The molecule has 29 heavy (non-hydrogen) atoms.